The van der Waals surface area contributed by atoms with Crippen LogP contribution >= 0.6 is 0 Å². The van der Waals surface area contributed by atoms with Crippen molar-refractivity contribution in [3.63, 3.8) is 0 Å². The van der Waals surface area contributed by atoms with Gasteiger partial charge >= 0.3 is 0 Å². The number of benzene rings is 1. The number of hydrogen-bond donors (Lipinski definition) is 1. The first-order valence-electron chi connectivity index (χ1n) is 7.54. The zero-order valence-electron chi connectivity index (χ0n) is 12.7. The summed E-state index contributed by atoms with van der Waals surface area (Å²) < 4.78 is 0. The molecule has 0 saturated carbocycles. The van der Waals surface area contributed by atoms with Crippen LogP contribution in [-0.2, 0) is 10.2 Å². The maximum absolute atomic E-state index is 12.5. The minimum absolute atomic E-state index is 0.203. The molecule has 0 radical (unpaired) electrons. The molecule has 0 aliphatic carbocycles. The Bertz CT molecular complexity index is 522. The minimum Gasteiger partial charge on any atom is -0.325 e. The molecule has 1 spiro atoms. The van der Waals surface area contributed by atoms with Crippen LogP contribution in [0.4, 0.5) is 5.69 Å². The summed E-state index contributed by atoms with van der Waals surface area (Å²) in [5, 5.41) is 3.06. The smallest absolute Gasteiger partial charge is 0.235 e. The standard InChI is InChI=1S/C17H24N2O/c1-16(2,3)12-19-10-8-17(9-11-19)13-6-4-5-7-14(13)18-15(17)20/h4-7H,8-12H2,1-3H3,(H,18,20). The number of nitrogens with one attached hydrogen (secondary N) is 1. The first-order chi connectivity index (χ1) is 9.41. The van der Waals surface area contributed by atoms with Crippen molar-refractivity contribution in [2.75, 3.05) is 25.0 Å². The Balaban J connectivity index is 1.79. The Morgan fingerprint density at radius 3 is 2.50 bits per heavy atom. The van der Waals surface area contributed by atoms with Gasteiger partial charge in [-0.1, -0.05) is 39.0 Å². The Kier molecular flexibility index (Phi) is 3.13. The molecule has 1 aromatic carbocycles. The molecule has 3 rings (SSSR count). The Hall–Kier alpha value is -1.35. The van der Waals surface area contributed by atoms with Crippen LogP contribution in [0.1, 0.15) is 39.2 Å². The molecule has 0 aromatic heterocycles. The summed E-state index contributed by atoms with van der Waals surface area (Å²) >= 11 is 0. The van der Waals surface area contributed by atoms with Gasteiger partial charge in [-0.3, -0.25) is 4.79 Å². The van der Waals surface area contributed by atoms with Gasteiger partial charge in [0.05, 0.1) is 5.41 Å². The number of amides is 1. The summed E-state index contributed by atoms with van der Waals surface area (Å²) in [6.07, 6.45) is 1.87. The molecular formula is C17H24N2O. The molecule has 1 fully saturated rings. The maximum atomic E-state index is 12.5. The van der Waals surface area contributed by atoms with E-state index in [1.165, 1.54) is 5.56 Å². The third-order valence-electron chi connectivity index (χ3n) is 4.53. The number of anilines is 1. The van der Waals surface area contributed by atoms with E-state index in [9.17, 15) is 4.79 Å². The Morgan fingerprint density at radius 1 is 1.20 bits per heavy atom. The first kappa shape index (κ1) is 13.6. The SMILES string of the molecule is CC(C)(C)CN1CCC2(CC1)C(=O)Nc1ccccc12. The lowest BCUT2D eigenvalue weighted by Crippen LogP contribution is -2.48. The number of piperidine rings is 1. The average molecular weight is 272 g/mol. The second-order valence-corrected chi connectivity index (χ2v) is 7.42. The molecule has 1 aromatic rings. The van der Waals surface area contributed by atoms with Crippen LogP contribution in [0.3, 0.4) is 0 Å². The molecule has 0 atom stereocenters. The molecular weight excluding hydrogens is 248 g/mol. The molecule has 1 amide bonds. The van der Waals surface area contributed by atoms with E-state index in [1.54, 1.807) is 0 Å². The van der Waals surface area contributed by atoms with Gasteiger partial charge in [-0.2, -0.15) is 0 Å². The lowest BCUT2D eigenvalue weighted by molar-refractivity contribution is -0.122. The zero-order valence-corrected chi connectivity index (χ0v) is 12.7. The first-order valence-corrected chi connectivity index (χ1v) is 7.54. The summed E-state index contributed by atoms with van der Waals surface area (Å²) in [7, 11) is 0. The number of hydrogen-bond acceptors (Lipinski definition) is 2. The molecule has 1 N–H and O–H groups in total. The van der Waals surface area contributed by atoms with Crippen molar-refractivity contribution in [1.29, 1.82) is 0 Å². The van der Waals surface area contributed by atoms with Crippen LogP contribution in [-0.4, -0.2) is 30.4 Å². The minimum atomic E-state index is -0.273. The molecule has 0 unspecified atom stereocenters. The lowest BCUT2D eigenvalue weighted by atomic mass is 9.73. The number of rotatable bonds is 1. The van der Waals surface area contributed by atoms with Gasteiger partial charge in [-0.05, 0) is 43.0 Å². The highest BCUT2D eigenvalue weighted by molar-refractivity contribution is 6.06. The molecule has 3 heteroatoms. The highest BCUT2D eigenvalue weighted by atomic mass is 16.2. The number of carbonyl (C=O) groups excluding carboxylic acids is 1. The van der Waals surface area contributed by atoms with E-state index in [0.29, 0.717) is 5.41 Å². The number of para-hydroxylation sites is 1. The predicted molar refractivity (Wildman–Crippen MR) is 81.9 cm³/mol. The van der Waals surface area contributed by atoms with Gasteiger partial charge in [-0.15, -0.1) is 0 Å². The topological polar surface area (TPSA) is 32.3 Å². The summed E-state index contributed by atoms with van der Waals surface area (Å²) in [6.45, 7) is 9.95. The highest BCUT2D eigenvalue weighted by Gasteiger charge is 2.48. The monoisotopic (exact) mass is 272 g/mol. The van der Waals surface area contributed by atoms with Crippen molar-refractivity contribution in [1.82, 2.24) is 4.90 Å². The second-order valence-electron chi connectivity index (χ2n) is 7.42. The van der Waals surface area contributed by atoms with E-state index in [2.05, 4.69) is 37.1 Å². The average Bonchev–Trinajstić information content (AvgIpc) is 2.64. The van der Waals surface area contributed by atoms with Gasteiger partial charge in [0.15, 0.2) is 0 Å². The summed E-state index contributed by atoms with van der Waals surface area (Å²) in [5.41, 5.74) is 2.27. The van der Waals surface area contributed by atoms with Crippen molar-refractivity contribution in [3.05, 3.63) is 29.8 Å². The normalized spacial score (nSPS) is 21.9. The van der Waals surface area contributed by atoms with Crippen LogP contribution in [0.2, 0.25) is 0 Å². The number of nitrogens with zero attached hydrogens (tertiary/aromatic N) is 1. The fraction of sp³-hybridized carbons (Fsp3) is 0.588. The van der Waals surface area contributed by atoms with Crippen LogP contribution in [0, 0.1) is 5.41 Å². The molecule has 2 aliphatic heterocycles. The third kappa shape index (κ3) is 2.24. The molecule has 20 heavy (non-hydrogen) atoms. The van der Waals surface area contributed by atoms with E-state index in [-0.39, 0.29) is 11.3 Å². The van der Waals surface area contributed by atoms with Crippen LogP contribution in [0.15, 0.2) is 24.3 Å². The Morgan fingerprint density at radius 2 is 1.85 bits per heavy atom. The van der Waals surface area contributed by atoms with Gasteiger partial charge in [0.1, 0.15) is 0 Å². The summed E-state index contributed by atoms with van der Waals surface area (Å²) in [5.74, 6) is 0.203. The van der Waals surface area contributed by atoms with Crippen LogP contribution < -0.4 is 5.32 Å². The van der Waals surface area contributed by atoms with Gasteiger partial charge in [0.2, 0.25) is 5.91 Å². The van der Waals surface area contributed by atoms with E-state index in [0.717, 1.165) is 38.2 Å². The lowest BCUT2D eigenvalue weighted by Gasteiger charge is -2.40. The highest BCUT2D eigenvalue weighted by Crippen LogP contribution is 2.44. The molecule has 3 nitrogen and oxygen atoms in total. The third-order valence-corrected chi connectivity index (χ3v) is 4.53. The molecule has 0 bridgehead atoms. The van der Waals surface area contributed by atoms with Crippen molar-refractivity contribution < 1.29 is 4.79 Å². The molecule has 2 heterocycles. The molecule has 1 saturated heterocycles. The quantitative estimate of drug-likeness (QED) is 0.852. The van der Waals surface area contributed by atoms with Gasteiger partial charge in [-0.25, -0.2) is 0 Å². The van der Waals surface area contributed by atoms with E-state index < -0.39 is 0 Å². The van der Waals surface area contributed by atoms with E-state index >= 15 is 0 Å². The summed E-state index contributed by atoms with van der Waals surface area (Å²) in [6, 6.07) is 8.17. The van der Waals surface area contributed by atoms with Crippen molar-refractivity contribution in [2.45, 2.75) is 39.0 Å². The van der Waals surface area contributed by atoms with Crippen molar-refractivity contribution >= 4 is 11.6 Å². The fourth-order valence-corrected chi connectivity index (χ4v) is 3.63. The Labute approximate surface area is 121 Å². The molecule has 108 valence electrons. The van der Waals surface area contributed by atoms with E-state index in [4.69, 9.17) is 0 Å². The van der Waals surface area contributed by atoms with Gasteiger partial charge in [0.25, 0.3) is 0 Å². The summed E-state index contributed by atoms with van der Waals surface area (Å²) in [4.78, 5) is 15.0. The predicted octanol–water partition coefficient (Wildman–Crippen LogP) is 3.02. The maximum Gasteiger partial charge on any atom is 0.235 e. The molecule has 2 aliphatic rings. The number of carbonyl (C=O) groups is 1. The second kappa shape index (κ2) is 4.59. The fourth-order valence-electron chi connectivity index (χ4n) is 3.63. The van der Waals surface area contributed by atoms with Crippen molar-refractivity contribution in [3.8, 4) is 0 Å². The van der Waals surface area contributed by atoms with E-state index in [1.807, 2.05) is 18.2 Å². The number of fused-ring (bicyclic) bond motifs is 2. The zero-order chi connectivity index (χ0) is 14.4. The van der Waals surface area contributed by atoms with Crippen LogP contribution in [0.25, 0.3) is 0 Å². The number of likely N-dealkylation sites (tertiary alicyclic amines) is 1. The van der Waals surface area contributed by atoms with Crippen LogP contribution in [0.5, 0.6) is 0 Å². The van der Waals surface area contributed by atoms with Gasteiger partial charge < -0.3 is 10.2 Å². The largest absolute Gasteiger partial charge is 0.325 e. The van der Waals surface area contributed by atoms with Crippen molar-refractivity contribution in [2.24, 2.45) is 5.41 Å². The van der Waals surface area contributed by atoms with Gasteiger partial charge in [0, 0.05) is 12.2 Å².